The molecule has 2 rings (SSSR count). The molecule has 0 amide bonds. The highest BCUT2D eigenvalue weighted by Gasteiger charge is 2.01. The van der Waals surface area contributed by atoms with Crippen molar-refractivity contribution in [3.8, 4) is 6.07 Å². The Morgan fingerprint density at radius 1 is 1.29 bits per heavy atom. The number of rotatable bonds is 3. The summed E-state index contributed by atoms with van der Waals surface area (Å²) in [6, 6.07) is 13.3. The van der Waals surface area contributed by atoms with Crippen LogP contribution in [-0.4, -0.2) is 4.98 Å². The Morgan fingerprint density at radius 3 is 2.94 bits per heavy atom. The van der Waals surface area contributed by atoms with Crippen LogP contribution in [0.4, 0.5) is 5.69 Å². The smallest absolute Gasteiger partial charge is 0.119 e. The van der Waals surface area contributed by atoms with E-state index in [4.69, 9.17) is 11.0 Å². The zero-order valence-electron chi connectivity index (χ0n) is 9.13. The van der Waals surface area contributed by atoms with Gasteiger partial charge in [0, 0.05) is 11.9 Å². The van der Waals surface area contributed by atoms with Crippen LogP contribution in [0, 0.1) is 11.3 Å². The molecule has 0 aliphatic rings. The zero-order valence-corrected chi connectivity index (χ0v) is 9.95. The molecule has 3 nitrogen and oxygen atoms in total. The molecule has 0 atom stereocenters. The first-order valence-electron chi connectivity index (χ1n) is 5.12. The molecule has 2 aromatic rings. The van der Waals surface area contributed by atoms with Crippen LogP contribution in [0.25, 0.3) is 0 Å². The summed E-state index contributed by atoms with van der Waals surface area (Å²) in [6.07, 6.45) is 1.73. The SMILES string of the molecule is N#Cc1cccc(CSc2ncccc2N)c1. The van der Waals surface area contributed by atoms with E-state index in [0.717, 1.165) is 16.3 Å². The number of pyridine rings is 1. The standard InChI is InChI=1S/C13H11N3S/c14-8-10-3-1-4-11(7-10)9-17-13-12(15)5-2-6-16-13/h1-7H,9,15H2. The highest BCUT2D eigenvalue weighted by Crippen LogP contribution is 2.25. The number of aromatic nitrogens is 1. The molecule has 1 aromatic heterocycles. The van der Waals surface area contributed by atoms with Gasteiger partial charge in [0.25, 0.3) is 0 Å². The molecule has 17 heavy (non-hydrogen) atoms. The molecule has 1 aromatic carbocycles. The van der Waals surface area contributed by atoms with E-state index in [0.29, 0.717) is 11.3 Å². The molecule has 2 N–H and O–H groups in total. The first-order chi connectivity index (χ1) is 8.29. The second-order valence-electron chi connectivity index (χ2n) is 3.50. The molecule has 0 aliphatic heterocycles. The van der Waals surface area contributed by atoms with Gasteiger partial charge in [0.2, 0.25) is 0 Å². The Morgan fingerprint density at radius 2 is 2.18 bits per heavy atom. The minimum atomic E-state index is 0.678. The predicted molar refractivity (Wildman–Crippen MR) is 69.4 cm³/mol. The van der Waals surface area contributed by atoms with Gasteiger partial charge in [0.15, 0.2) is 0 Å². The average Bonchev–Trinajstić information content (AvgIpc) is 2.38. The molecule has 0 fully saturated rings. The summed E-state index contributed by atoms with van der Waals surface area (Å²) < 4.78 is 0. The van der Waals surface area contributed by atoms with Gasteiger partial charge in [-0.1, -0.05) is 23.9 Å². The number of benzene rings is 1. The van der Waals surface area contributed by atoms with Crippen LogP contribution in [-0.2, 0) is 5.75 Å². The van der Waals surface area contributed by atoms with Crippen molar-refractivity contribution < 1.29 is 0 Å². The summed E-state index contributed by atoms with van der Waals surface area (Å²) in [5.41, 5.74) is 8.27. The van der Waals surface area contributed by atoms with Gasteiger partial charge in [-0.3, -0.25) is 0 Å². The van der Waals surface area contributed by atoms with E-state index >= 15 is 0 Å². The minimum Gasteiger partial charge on any atom is -0.397 e. The van der Waals surface area contributed by atoms with Crippen LogP contribution in [0.5, 0.6) is 0 Å². The zero-order chi connectivity index (χ0) is 12.1. The second-order valence-corrected chi connectivity index (χ2v) is 4.46. The topological polar surface area (TPSA) is 62.7 Å². The number of nitrogens with two attached hydrogens (primary N) is 1. The van der Waals surface area contributed by atoms with E-state index in [1.165, 1.54) is 0 Å². The third-order valence-electron chi connectivity index (χ3n) is 2.23. The maximum absolute atomic E-state index is 8.80. The molecule has 0 saturated heterocycles. The van der Waals surface area contributed by atoms with Crippen LogP contribution >= 0.6 is 11.8 Å². The van der Waals surface area contributed by atoms with Crippen LogP contribution in [0.2, 0.25) is 0 Å². The predicted octanol–water partition coefficient (Wildman–Crippen LogP) is 2.83. The lowest BCUT2D eigenvalue weighted by atomic mass is 10.2. The third-order valence-corrected chi connectivity index (χ3v) is 3.32. The maximum atomic E-state index is 8.80. The minimum absolute atomic E-state index is 0.678. The average molecular weight is 241 g/mol. The van der Waals surface area contributed by atoms with Crippen molar-refractivity contribution in [2.45, 2.75) is 10.8 Å². The summed E-state index contributed by atoms with van der Waals surface area (Å²) in [5, 5.41) is 9.63. The number of hydrogen-bond acceptors (Lipinski definition) is 4. The van der Waals surface area contributed by atoms with Crippen molar-refractivity contribution in [2.24, 2.45) is 0 Å². The number of nitrogen functional groups attached to an aromatic ring is 1. The normalized spacial score (nSPS) is 9.82. The van der Waals surface area contributed by atoms with Gasteiger partial charge in [-0.05, 0) is 29.8 Å². The van der Waals surface area contributed by atoms with Crippen molar-refractivity contribution in [2.75, 3.05) is 5.73 Å². The Bertz CT molecular complexity index is 561. The van der Waals surface area contributed by atoms with Crippen molar-refractivity contribution >= 4 is 17.4 Å². The molecule has 0 saturated carbocycles. The number of anilines is 1. The largest absolute Gasteiger partial charge is 0.397 e. The van der Waals surface area contributed by atoms with E-state index < -0.39 is 0 Å². The van der Waals surface area contributed by atoms with E-state index in [9.17, 15) is 0 Å². The molecule has 4 heteroatoms. The molecule has 0 radical (unpaired) electrons. The lowest BCUT2D eigenvalue weighted by Gasteiger charge is -2.04. The monoisotopic (exact) mass is 241 g/mol. The van der Waals surface area contributed by atoms with Gasteiger partial charge < -0.3 is 5.73 Å². The van der Waals surface area contributed by atoms with Crippen molar-refractivity contribution in [1.29, 1.82) is 5.26 Å². The van der Waals surface area contributed by atoms with Crippen LogP contribution < -0.4 is 5.73 Å². The molecule has 1 heterocycles. The highest BCUT2D eigenvalue weighted by molar-refractivity contribution is 7.98. The Labute approximate surface area is 104 Å². The Hall–Kier alpha value is -1.99. The van der Waals surface area contributed by atoms with Gasteiger partial charge in [-0.2, -0.15) is 5.26 Å². The fraction of sp³-hybridized carbons (Fsp3) is 0.0769. The summed E-state index contributed by atoms with van der Waals surface area (Å²) in [4.78, 5) is 4.21. The van der Waals surface area contributed by atoms with Gasteiger partial charge in [0.1, 0.15) is 5.03 Å². The lowest BCUT2D eigenvalue weighted by molar-refractivity contribution is 1.14. The van der Waals surface area contributed by atoms with Crippen LogP contribution in [0.1, 0.15) is 11.1 Å². The fourth-order valence-corrected chi connectivity index (χ4v) is 2.26. The van der Waals surface area contributed by atoms with E-state index in [1.54, 1.807) is 24.0 Å². The van der Waals surface area contributed by atoms with Crippen molar-refractivity contribution in [3.63, 3.8) is 0 Å². The summed E-state index contributed by atoms with van der Waals surface area (Å²) >= 11 is 1.57. The maximum Gasteiger partial charge on any atom is 0.119 e. The fourth-order valence-electron chi connectivity index (χ4n) is 1.41. The first-order valence-corrected chi connectivity index (χ1v) is 6.10. The molecule has 0 aliphatic carbocycles. The summed E-state index contributed by atoms with van der Waals surface area (Å²) in [6.45, 7) is 0. The second kappa shape index (κ2) is 5.37. The highest BCUT2D eigenvalue weighted by atomic mass is 32.2. The third kappa shape index (κ3) is 2.99. The molecular weight excluding hydrogens is 230 g/mol. The number of hydrogen-bond donors (Lipinski definition) is 1. The van der Waals surface area contributed by atoms with Gasteiger partial charge in [-0.25, -0.2) is 4.98 Å². The number of thioether (sulfide) groups is 1. The van der Waals surface area contributed by atoms with Gasteiger partial charge in [-0.15, -0.1) is 0 Å². The van der Waals surface area contributed by atoms with E-state index in [2.05, 4.69) is 11.1 Å². The molecule has 0 bridgehead atoms. The Kier molecular flexibility index (Phi) is 3.63. The summed E-state index contributed by atoms with van der Waals surface area (Å²) in [5.74, 6) is 0.761. The van der Waals surface area contributed by atoms with Gasteiger partial charge >= 0.3 is 0 Å². The van der Waals surface area contributed by atoms with Crippen molar-refractivity contribution in [3.05, 3.63) is 53.7 Å². The van der Waals surface area contributed by atoms with E-state index in [1.807, 2.05) is 30.3 Å². The van der Waals surface area contributed by atoms with Gasteiger partial charge in [0.05, 0.1) is 17.3 Å². The quantitative estimate of drug-likeness (QED) is 0.839. The van der Waals surface area contributed by atoms with Crippen LogP contribution in [0.3, 0.4) is 0 Å². The first kappa shape index (κ1) is 11.5. The molecule has 84 valence electrons. The Balaban J connectivity index is 2.08. The van der Waals surface area contributed by atoms with Crippen LogP contribution in [0.15, 0.2) is 47.6 Å². The lowest BCUT2D eigenvalue weighted by Crippen LogP contribution is -1.91. The summed E-state index contributed by atoms with van der Waals surface area (Å²) in [7, 11) is 0. The number of nitriles is 1. The van der Waals surface area contributed by atoms with Crippen molar-refractivity contribution in [1.82, 2.24) is 4.98 Å². The van der Waals surface area contributed by atoms with E-state index in [-0.39, 0.29) is 0 Å². The molecule has 0 spiro atoms. The molecule has 0 unspecified atom stereocenters. The molecular formula is C13H11N3S. The number of nitrogens with zero attached hydrogens (tertiary/aromatic N) is 2.